The number of benzene rings is 1. The van der Waals surface area contributed by atoms with Gasteiger partial charge in [-0.2, -0.15) is 0 Å². The number of nitrogen functional groups attached to an aromatic ring is 1. The van der Waals surface area contributed by atoms with Crippen molar-refractivity contribution in [2.75, 3.05) is 11.1 Å². The molecule has 0 radical (unpaired) electrons. The number of amides is 1. The fraction of sp³-hybridized carbons (Fsp3) is 0.267. The number of nitrogens with zero attached hydrogens (tertiary/aromatic N) is 2. The van der Waals surface area contributed by atoms with Crippen molar-refractivity contribution in [3.8, 4) is 0 Å². The number of carbonyl (C=O) groups excluding carboxylic acids is 1. The van der Waals surface area contributed by atoms with Crippen molar-refractivity contribution in [2.45, 2.75) is 26.8 Å². The summed E-state index contributed by atoms with van der Waals surface area (Å²) >= 11 is 0. The van der Waals surface area contributed by atoms with Gasteiger partial charge in [0, 0.05) is 36.1 Å². The zero-order valence-corrected chi connectivity index (χ0v) is 12.1. The number of nitrogens with two attached hydrogens (primary N) is 1. The van der Waals surface area contributed by atoms with Gasteiger partial charge >= 0.3 is 0 Å². The molecule has 21 heavy (non-hydrogen) atoms. The van der Waals surface area contributed by atoms with Crippen molar-refractivity contribution < 1.29 is 4.79 Å². The van der Waals surface area contributed by atoms with E-state index in [-0.39, 0.29) is 17.9 Å². The summed E-state index contributed by atoms with van der Waals surface area (Å²) < 4.78 is 1.42. The first kappa shape index (κ1) is 14.8. The summed E-state index contributed by atoms with van der Waals surface area (Å²) in [5.74, 6) is -0.170. The van der Waals surface area contributed by atoms with Crippen molar-refractivity contribution in [3.05, 3.63) is 52.2 Å². The lowest BCUT2D eigenvalue weighted by Gasteiger charge is -2.10. The second-order valence-electron chi connectivity index (χ2n) is 4.93. The van der Waals surface area contributed by atoms with Gasteiger partial charge in [0.1, 0.15) is 0 Å². The van der Waals surface area contributed by atoms with E-state index in [0.717, 1.165) is 5.56 Å². The second kappa shape index (κ2) is 6.21. The van der Waals surface area contributed by atoms with E-state index >= 15 is 0 Å². The lowest BCUT2D eigenvalue weighted by atomic mass is 10.2. The Labute approximate surface area is 122 Å². The molecule has 0 bridgehead atoms. The van der Waals surface area contributed by atoms with E-state index in [1.165, 1.54) is 17.0 Å². The van der Waals surface area contributed by atoms with Gasteiger partial charge in [0.15, 0.2) is 0 Å². The van der Waals surface area contributed by atoms with E-state index in [0.29, 0.717) is 23.6 Å². The van der Waals surface area contributed by atoms with E-state index in [4.69, 9.17) is 5.73 Å². The number of aromatic nitrogens is 2. The zero-order chi connectivity index (χ0) is 15.4. The van der Waals surface area contributed by atoms with Crippen LogP contribution in [-0.2, 0) is 11.3 Å². The van der Waals surface area contributed by atoms with E-state index in [9.17, 15) is 9.59 Å². The Morgan fingerprint density at radius 3 is 2.81 bits per heavy atom. The normalized spacial score (nSPS) is 10.4. The number of anilines is 2. The molecule has 2 aromatic rings. The van der Waals surface area contributed by atoms with Gasteiger partial charge in [0.2, 0.25) is 5.91 Å². The molecule has 0 atom stereocenters. The van der Waals surface area contributed by atoms with E-state index < -0.39 is 0 Å². The maximum absolute atomic E-state index is 11.9. The Morgan fingerprint density at radius 1 is 1.33 bits per heavy atom. The zero-order valence-electron chi connectivity index (χ0n) is 12.1. The Balaban J connectivity index is 1.99. The third-order valence-electron chi connectivity index (χ3n) is 3.13. The number of carbonyl (C=O) groups is 1. The molecule has 3 N–H and O–H groups in total. The summed E-state index contributed by atoms with van der Waals surface area (Å²) in [4.78, 5) is 27.7. The molecule has 0 fully saturated rings. The summed E-state index contributed by atoms with van der Waals surface area (Å²) in [6.45, 7) is 3.93. The molecule has 1 aromatic carbocycles. The van der Waals surface area contributed by atoms with Gasteiger partial charge in [-0.1, -0.05) is 6.07 Å². The van der Waals surface area contributed by atoms with Crippen molar-refractivity contribution >= 4 is 17.3 Å². The molecule has 0 aliphatic carbocycles. The fourth-order valence-corrected chi connectivity index (χ4v) is 1.89. The summed E-state index contributed by atoms with van der Waals surface area (Å²) in [5.41, 5.74) is 8.42. The Hall–Kier alpha value is -2.63. The van der Waals surface area contributed by atoms with Gasteiger partial charge in [-0.15, -0.1) is 0 Å². The van der Waals surface area contributed by atoms with Crippen molar-refractivity contribution in [1.29, 1.82) is 0 Å². The summed E-state index contributed by atoms with van der Waals surface area (Å²) in [6, 6.07) is 6.79. The molecule has 1 heterocycles. The van der Waals surface area contributed by atoms with Crippen LogP contribution in [0.3, 0.4) is 0 Å². The summed E-state index contributed by atoms with van der Waals surface area (Å²) in [6.07, 6.45) is 1.65. The number of rotatable bonds is 4. The molecular formula is C15H18N4O2. The van der Waals surface area contributed by atoms with Crippen LogP contribution in [0.2, 0.25) is 0 Å². The predicted octanol–water partition coefficient (Wildman–Crippen LogP) is 1.47. The van der Waals surface area contributed by atoms with Crippen LogP contribution in [0.1, 0.15) is 17.7 Å². The molecule has 0 aliphatic rings. The minimum atomic E-state index is -0.170. The van der Waals surface area contributed by atoms with Crippen LogP contribution in [0.5, 0.6) is 0 Å². The first-order valence-corrected chi connectivity index (χ1v) is 6.65. The van der Waals surface area contributed by atoms with Gasteiger partial charge < -0.3 is 11.1 Å². The molecule has 0 spiro atoms. The molecule has 0 saturated heterocycles. The van der Waals surface area contributed by atoms with Crippen LogP contribution in [0.15, 0.2) is 35.4 Å². The van der Waals surface area contributed by atoms with Crippen molar-refractivity contribution in [3.63, 3.8) is 0 Å². The maximum Gasteiger partial charge on any atom is 0.253 e. The molecular weight excluding hydrogens is 268 g/mol. The van der Waals surface area contributed by atoms with Gasteiger partial charge in [-0.25, -0.2) is 4.98 Å². The Kier molecular flexibility index (Phi) is 4.37. The first-order chi connectivity index (χ1) is 9.95. The largest absolute Gasteiger partial charge is 0.399 e. The maximum atomic E-state index is 11.9. The third-order valence-corrected chi connectivity index (χ3v) is 3.13. The van der Waals surface area contributed by atoms with Crippen molar-refractivity contribution in [1.82, 2.24) is 9.55 Å². The highest BCUT2D eigenvalue weighted by Gasteiger charge is 2.06. The summed E-state index contributed by atoms with van der Waals surface area (Å²) in [5, 5.41) is 2.80. The highest BCUT2D eigenvalue weighted by Crippen LogP contribution is 2.18. The molecule has 2 rings (SSSR count). The minimum Gasteiger partial charge on any atom is -0.399 e. The Bertz CT molecular complexity index is 722. The van der Waals surface area contributed by atoms with Crippen LogP contribution in [0.4, 0.5) is 11.4 Å². The molecule has 110 valence electrons. The lowest BCUT2D eigenvalue weighted by Crippen LogP contribution is -2.23. The average molecular weight is 286 g/mol. The quantitative estimate of drug-likeness (QED) is 0.833. The van der Waals surface area contributed by atoms with Gasteiger partial charge in [0.05, 0.1) is 6.33 Å². The topological polar surface area (TPSA) is 90.0 Å². The number of hydrogen-bond acceptors (Lipinski definition) is 4. The standard InChI is InChI=1S/C15H18N4O2/c1-10-3-4-12(16)8-13(10)18-14(20)5-6-19-9-17-11(2)7-15(19)21/h3-4,7-9H,5-6,16H2,1-2H3,(H,18,20). The molecule has 6 nitrogen and oxygen atoms in total. The van der Waals surface area contributed by atoms with Gasteiger partial charge in [-0.05, 0) is 31.5 Å². The van der Waals surface area contributed by atoms with E-state index in [1.54, 1.807) is 19.1 Å². The number of nitrogens with one attached hydrogen (secondary N) is 1. The molecule has 0 aliphatic heterocycles. The highest BCUT2D eigenvalue weighted by atomic mass is 16.1. The van der Waals surface area contributed by atoms with Crippen LogP contribution < -0.4 is 16.6 Å². The number of hydrogen-bond donors (Lipinski definition) is 2. The molecule has 1 amide bonds. The van der Waals surface area contributed by atoms with Crippen LogP contribution in [0.25, 0.3) is 0 Å². The van der Waals surface area contributed by atoms with Crippen LogP contribution in [0, 0.1) is 13.8 Å². The molecule has 0 saturated carbocycles. The van der Waals surface area contributed by atoms with Crippen LogP contribution >= 0.6 is 0 Å². The summed E-state index contributed by atoms with van der Waals surface area (Å²) in [7, 11) is 0. The SMILES string of the molecule is Cc1cc(=O)n(CCC(=O)Nc2cc(N)ccc2C)cn1. The smallest absolute Gasteiger partial charge is 0.253 e. The second-order valence-corrected chi connectivity index (χ2v) is 4.93. The molecule has 1 aromatic heterocycles. The average Bonchev–Trinajstić information content (AvgIpc) is 2.42. The van der Waals surface area contributed by atoms with Gasteiger partial charge in [0.25, 0.3) is 5.56 Å². The molecule has 6 heteroatoms. The van der Waals surface area contributed by atoms with E-state index in [1.807, 2.05) is 13.0 Å². The molecule has 0 unspecified atom stereocenters. The Morgan fingerprint density at radius 2 is 2.10 bits per heavy atom. The lowest BCUT2D eigenvalue weighted by molar-refractivity contribution is -0.116. The highest BCUT2D eigenvalue weighted by molar-refractivity contribution is 5.91. The predicted molar refractivity (Wildman–Crippen MR) is 82.1 cm³/mol. The van der Waals surface area contributed by atoms with Crippen LogP contribution in [-0.4, -0.2) is 15.5 Å². The van der Waals surface area contributed by atoms with Crippen molar-refractivity contribution in [2.24, 2.45) is 0 Å². The van der Waals surface area contributed by atoms with Gasteiger partial charge in [-0.3, -0.25) is 14.2 Å². The first-order valence-electron chi connectivity index (χ1n) is 6.65. The van der Waals surface area contributed by atoms with E-state index in [2.05, 4.69) is 10.3 Å². The fourth-order valence-electron chi connectivity index (χ4n) is 1.89. The minimum absolute atomic E-state index is 0.157. The number of aryl methyl sites for hydroxylation is 3. The third kappa shape index (κ3) is 3.92. The monoisotopic (exact) mass is 286 g/mol.